The normalized spacial score (nSPS) is 12.6. The van der Waals surface area contributed by atoms with Crippen molar-refractivity contribution < 1.29 is 14.3 Å². The van der Waals surface area contributed by atoms with Gasteiger partial charge in [-0.05, 0) is 42.3 Å². The number of aryl methyl sites for hydroxylation is 2. The first kappa shape index (κ1) is 13.9. The lowest BCUT2D eigenvalue weighted by Gasteiger charge is -2.21. The Morgan fingerprint density at radius 3 is 2.52 bits per heavy atom. The monoisotopic (exact) mass is 307 g/mol. The standard InChI is InChI=1S/C19H17NO3/c1-22-13-3-5-15-12(9-13)7-8-20-18-10-14(23-2)4-6-16(18)17(11-21)19(15)20/h3-6,9-11H,7-8H2,1-2H3. The molecule has 2 aromatic carbocycles. The van der Waals surface area contributed by atoms with Crippen LogP contribution in [0.1, 0.15) is 15.9 Å². The van der Waals surface area contributed by atoms with Gasteiger partial charge in [-0.2, -0.15) is 0 Å². The van der Waals surface area contributed by atoms with Gasteiger partial charge in [0.05, 0.1) is 25.4 Å². The number of benzene rings is 2. The van der Waals surface area contributed by atoms with E-state index in [1.54, 1.807) is 14.2 Å². The van der Waals surface area contributed by atoms with E-state index in [2.05, 4.69) is 10.6 Å². The van der Waals surface area contributed by atoms with Gasteiger partial charge in [0.2, 0.25) is 0 Å². The predicted octanol–water partition coefficient (Wildman–Crippen LogP) is 3.69. The summed E-state index contributed by atoms with van der Waals surface area (Å²) >= 11 is 0. The van der Waals surface area contributed by atoms with E-state index in [1.807, 2.05) is 30.3 Å². The van der Waals surface area contributed by atoms with E-state index in [9.17, 15) is 4.79 Å². The van der Waals surface area contributed by atoms with Crippen molar-refractivity contribution in [1.29, 1.82) is 0 Å². The highest BCUT2D eigenvalue weighted by Gasteiger charge is 2.24. The number of rotatable bonds is 3. The number of hydrogen-bond donors (Lipinski definition) is 0. The molecule has 4 heteroatoms. The zero-order valence-electron chi connectivity index (χ0n) is 13.1. The maximum Gasteiger partial charge on any atom is 0.152 e. The average molecular weight is 307 g/mol. The lowest BCUT2D eigenvalue weighted by molar-refractivity contribution is 0.112. The van der Waals surface area contributed by atoms with Crippen LogP contribution in [0.2, 0.25) is 0 Å². The molecule has 0 N–H and O–H groups in total. The van der Waals surface area contributed by atoms with Crippen molar-refractivity contribution in [3.05, 3.63) is 47.5 Å². The Hall–Kier alpha value is -2.75. The minimum Gasteiger partial charge on any atom is -0.497 e. The Morgan fingerprint density at radius 2 is 1.78 bits per heavy atom. The first-order valence-corrected chi connectivity index (χ1v) is 7.59. The molecule has 116 valence electrons. The van der Waals surface area contributed by atoms with E-state index >= 15 is 0 Å². The van der Waals surface area contributed by atoms with Crippen molar-refractivity contribution in [3.8, 4) is 22.8 Å². The number of aromatic nitrogens is 1. The van der Waals surface area contributed by atoms with E-state index in [-0.39, 0.29) is 0 Å². The number of aldehydes is 1. The summed E-state index contributed by atoms with van der Waals surface area (Å²) < 4.78 is 12.9. The number of fused-ring (bicyclic) bond motifs is 5. The quantitative estimate of drug-likeness (QED) is 0.693. The van der Waals surface area contributed by atoms with E-state index in [4.69, 9.17) is 9.47 Å². The molecule has 23 heavy (non-hydrogen) atoms. The first-order valence-electron chi connectivity index (χ1n) is 7.59. The Balaban J connectivity index is 2.04. The van der Waals surface area contributed by atoms with Gasteiger partial charge in [-0.1, -0.05) is 0 Å². The van der Waals surface area contributed by atoms with Gasteiger partial charge in [0.25, 0.3) is 0 Å². The summed E-state index contributed by atoms with van der Waals surface area (Å²) in [6.45, 7) is 0.840. The predicted molar refractivity (Wildman–Crippen MR) is 89.6 cm³/mol. The van der Waals surface area contributed by atoms with Crippen LogP contribution in [-0.4, -0.2) is 25.1 Å². The summed E-state index contributed by atoms with van der Waals surface area (Å²) in [5.74, 6) is 1.65. The molecule has 0 unspecified atom stereocenters. The molecule has 3 aromatic rings. The fourth-order valence-corrected chi connectivity index (χ4v) is 3.49. The van der Waals surface area contributed by atoms with Crippen LogP contribution < -0.4 is 9.47 Å². The fraction of sp³-hybridized carbons (Fsp3) is 0.211. The summed E-state index contributed by atoms with van der Waals surface area (Å²) in [7, 11) is 3.33. The molecule has 4 rings (SSSR count). The molecular weight excluding hydrogens is 290 g/mol. The fourth-order valence-electron chi connectivity index (χ4n) is 3.49. The van der Waals surface area contributed by atoms with Crippen LogP contribution in [-0.2, 0) is 13.0 Å². The second kappa shape index (κ2) is 5.16. The van der Waals surface area contributed by atoms with Gasteiger partial charge in [0, 0.05) is 29.1 Å². The lowest BCUT2D eigenvalue weighted by Crippen LogP contribution is -2.11. The molecule has 2 heterocycles. The summed E-state index contributed by atoms with van der Waals surface area (Å²) in [6, 6.07) is 11.9. The van der Waals surface area contributed by atoms with Crippen LogP contribution in [0.5, 0.6) is 11.5 Å². The smallest absolute Gasteiger partial charge is 0.152 e. The second-order valence-corrected chi connectivity index (χ2v) is 5.69. The number of ether oxygens (including phenoxy) is 2. The van der Waals surface area contributed by atoms with Gasteiger partial charge in [0.1, 0.15) is 11.5 Å². The van der Waals surface area contributed by atoms with Gasteiger partial charge >= 0.3 is 0 Å². The van der Waals surface area contributed by atoms with Crippen LogP contribution in [0, 0.1) is 0 Å². The van der Waals surface area contributed by atoms with E-state index in [0.717, 1.165) is 58.5 Å². The number of nitrogens with zero attached hydrogens (tertiary/aromatic N) is 1. The van der Waals surface area contributed by atoms with Crippen molar-refractivity contribution >= 4 is 17.2 Å². The maximum atomic E-state index is 11.8. The van der Waals surface area contributed by atoms with Crippen LogP contribution in [0.4, 0.5) is 0 Å². The molecule has 0 amide bonds. The summed E-state index contributed by atoms with van der Waals surface area (Å²) in [5, 5.41) is 0.972. The molecule has 0 aliphatic carbocycles. The Labute approximate surface area is 134 Å². The molecule has 1 aliphatic rings. The second-order valence-electron chi connectivity index (χ2n) is 5.69. The third-order valence-corrected chi connectivity index (χ3v) is 4.60. The molecule has 4 nitrogen and oxygen atoms in total. The Bertz CT molecular complexity index is 924. The molecule has 1 aromatic heterocycles. The number of carbonyl (C=O) groups excluding carboxylic acids is 1. The minimum atomic E-state index is 0.744. The molecule has 0 atom stereocenters. The lowest BCUT2D eigenvalue weighted by atomic mass is 9.96. The summed E-state index contributed by atoms with van der Waals surface area (Å²) in [6.07, 6.45) is 1.87. The van der Waals surface area contributed by atoms with Gasteiger partial charge < -0.3 is 14.0 Å². The van der Waals surface area contributed by atoms with Gasteiger partial charge in [-0.3, -0.25) is 4.79 Å². The van der Waals surface area contributed by atoms with E-state index in [0.29, 0.717) is 0 Å². The topological polar surface area (TPSA) is 40.5 Å². The molecule has 1 aliphatic heterocycles. The van der Waals surface area contributed by atoms with Crippen molar-refractivity contribution in [2.24, 2.45) is 0 Å². The first-order chi connectivity index (χ1) is 11.3. The summed E-state index contributed by atoms with van der Waals surface area (Å²) in [4.78, 5) is 11.8. The van der Waals surface area contributed by atoms with Crippen LogP contribution in [0.15, 0.2) is 36.4 Å². The van der Waals surface area contributed by atoms with Crippen LogP contribution >= 0.6 is 0 Å². The van der Waals surface area contributed by atoms with Gasteiger partial charge in [-0.25, -0.2) is 0 Å². The molecule has 0 bridgehead atoms. The molecule has 0 spiro atoms. The number of methoxy groups -OCH3 is 2. The highest BCUT2D eigenvalue weighted by atomic mass is 16.5. The Morgan fingerprint density at radius 1 is 1.04 bits per heavy atom. The van der Waals surface area contributed by atoms with Crippen molar-refractivity contribution in [2.45, 2.75) is 13.0 Å². The zero-order chi connectivity index (χ0) is 16.0. The SMILES string of the molecule is COc1ccc2c(c1)CCn1c-2c(C=O)c2ccc(OC)cc21. The molecule has 0 saturated heterocycles. The van der Waals surface area contributed by atoms with Crippen LogP contribution in [0.25, 0.3) is 22.2 Å². The van der Waals surface area contributed by atoms with Crippen LogP contribution in [0.3, 0.4) is 0 Å². The highest BCUT2D eigenvalue weighted by molar-refractivity contribution is 6.06. The molecule has 0 fully saturated rings. The van der Waals surface area contributed by atoms with Crippen molar-refractivity contribution in [1.82, 2.24) is 4.57 Å². The third kappa shape index (κ3) is 1.95. The molecule has 0 saturated carbocycles. The van der Waals surface area contributed by atoms with Gasteiger partial charge in [-0.15, -0.1) is 0 Å². The third-order valence-electron chi connectivity index (χ3n) is 4.60. The number of carbonyl (C=O) groups is 1. The molecule has 0 radical (unpaired) electrons. The number of hydrogen-bond acceptors (Lipinski definition) is 3. The average Bonchev–Trinajstić information content (AvgIpc) is 2.94. The van der Waals surface area contributed by atoms with Crippen molar-refractivity contribution in [2.75, 3.05) is 14.2 Å². The zero-order valence-corrected chi connectivity index (χ0v) is 13.1. The summed E-state index contributed by atoms with van der Waals surface area (Å²) in [5.41, 5.74) is 5.10. The van der Waals surface area contributed by atoms with Gasteiger partial charge in [0.15, 0.2) is 6.29 Å². The minimum absolute atomic E-state index is 0.744. The largest absolute Gasteiger partial charge is 0.497 e. The van der Waals surface area contributed by atoms with E-state index < -0.39 is 0 Å². The van der Waals surface area contributed by atoms with E-state index in [1.165, 1.54) is 5.56 Å². The maximum absolute atomic E-state index is 11.8. The Kier molecular flexibility index (Phi) is 3.11. The van der Waals surface area contributed by atoms with Crippen molar-refractivity contribution in [3.63, 3.8) is 0 Å². The highest BCUT2D eigenvalue weighted by Crippen LogP contribution is 2.40. The molecular formula is C19H17NO3.